The van der Waals surface area contributed by atoms with Crippen LogP contribution >= 0.6 is 0 Å². The third kappa shape index (κ3) is 4.13. The molecule has 158 valence electrons. The van der Waals surface area contributed by atoms with E-state index in [9.17, 15) is 18.7 Å². The second-order valence-corrected chi connectivity index (χ2v) is 6.93. The molecule has 0 aliphatic heterocycles. The highest BCUT2D eigenvalue weighted by Crippen LogP contribution is 2.36. The maximum Gasteiger partial charge on any atom is 0.287 e. The number of amides is 1. The number of ether oxygens (including phenoxy) is 1. The molecule has 1 unspecified atom stereocenters. The molecule has 0 aliphatic rings. The highest BCUT2D eigenvalue weighted by Gasteiger charge is 2.23. The number of benzene rings is 3. The van der Waals surface area contributed by atoms with Gasteiger partial charge in [0.1, 0.15) is 23.0 Å². The number of methoxy groups -OCH3 is 1. The molecule has 0 bridgehead atoms. The first-order valence-electron chi connectivity index (χ1n) is 9.55. The summed E-state index contributed by atoms with van der Waals surface area (Å²) in [4.78, 5) is 12.9. The zero-order valence-electron chi connectivity index (χ0n) is 16.6. The molecule has 5 nitrogen and oxygen atoms in total. The van der Waals surface area contributed by atoms with Crippen LogP contribution in [0.15, 0.2) is 71.1 Å². The summed E-state index contributed by atoms with van der Waals surface area (Å²) in [6.45, 7) is -0.282. The molecular formula is C24H19F2NO4. The Labute approximate surface area is 176 Å². The van der Waals surface area contributed by atoms with Crippen LogP contribution in [0.5, 0.6) is 5.75 Å². The van der Waals surface area contributed by atoms with Crippen LogP contribution in [0.1, 0.15) is 22.2 Å². The average molecular weight is 423 g/mol. The van der Waals surface area contributed by atoms with E-state index >= 15 is 0 Å². The van der Waals surface area contributed by atoms with Gasteiger partial charge in [-0.25, -0.2) is 8.78 Å². The van der Waals surface area contributed by atoms with E-state index in [0.717, 1.165) is 23.1 Å². The molecule has 1 aromatic heterocycles. The molecule has 0 saturated heterocycles. The first kappa shape index (κ1) is 20.6. The van der Waals surface area contributed by atoms with Crippen LogP contribution in [-0.2, 0) is 0 Å². The lowest BCUT2D eigenvalue weighted by Gasteiger charge is -2.13. The molecule has 0 aliphatic carbocycles. The minimum Gasteiger partial charge on any atom is -0.497 e. The number of halogens is 2. The summed E-state index contributed by atoms with van der Waals surface area (Å²) in [5, 5.41) is 13.5. The van der Waals surface area contributed by atoms with Crippen molar-refractivity contribution in [3.8, 4) is 16.9 Å². The standard InChI is InChI=1S/C24H19F2NO4/c1-30-16-8-10-18-21(12-16)31-23(22(18)14-5-3-2-4-6-14)24(29)27-13-20(28)17-9-7-15(25)11-19(17)26/h2-12,20,28H,13H2,1H3,(H,27,29). The molecule has 31 heavy (non-hydrogen) atoms. The molecule has 0 fully saturated rings. The van der Waals surface area contributed by atoms with Gasteiger partial charge >= 0.3 is 0 Å². The second kappa shape index (κ2) is 8.57. The van der Waals surface area contributed by atoms with Crippen LogP contribution in [0.2, 0.25) is 0 Å². The predicted octanol–water partition coefficient (Wildman–Crippen LogP) is 4.85. The van der Waals surface area contributed by atoms with Crippen molar-refractivity contribution >= 4 is 16.9 Å². The lowest BCUT2D eigenvalue weighted by molar-refractivity contribution is 0.0889. The fraction of sp³-hybridized carbons (Fsp3) is 0.125. The first-order chi connectivity index (χ1) is 15.0. The van der Waals surface area contributed by atoms with Gasteiger partial charge < -0.3 is 19.6 Å². The summed E-state index contributed by atoms with van der Waals surface area (Å²) >= 11 is 0. The van der Waals surface area contributed by atoms with Crippen molar-refractivity contribution in [2.45, 2.75) is 6.10 Å². The Morgan fingerprint density at radius 3 is 2.58 bits per heavy atom. The van der Waals surface area contributed by atoms with Crippen LogP contribution in [0.4, 0.5) is 8.78 Å². The zero-order chi connectivity index (χ0) is 22.0. The van der Waals surface area contributed by atoms with E-state index in [1.54, 1.807) is 18.2 Å². The predicted molar refractivity (Wildman–Crippen MR) is 112 cm³/mol. The number of aliphatic hydroxyl groups is 1. The SMILES string of the molecule is COc1ccc2c(-c3ccccc3)c(C(=O)NCC(O)c3ccc(F)cc3F)oc2c1. The molecule has 0 saturated carbocycles. The molecule has 4 aromatic rings. The monoisotopic (exact) mass is 423 g/mol. The van der Waals surface area contributed by atoms with E-state index in [0.29, 0.717) is 23.0 Å². The van der Waals surface area contributed by atoms with Crippen molar-refractivity contribution in [3.05, 3.63) is 89.7 Å². The third-order valence-corrected chi connectivity index (χ3v) is 4.94. The smallest absolute Gasteiger partial charge is 0.287 e. The van der Waals surface area contributed by atoms with Crippen molar-refractivity contribution in [2.75, 3.05) is 13.7 Å². The Balaban J connectivity index is 1.65. The van der Waals surface area contributed by atoms with Crippen LogP contribution in [0, 0.1) is 11.6 Å². The van der Waals surface area contributed by atoms with Crippen molar-refractivity contribution in [1.82, 2.24) is 5.32 Å². The van der Waals surface area contributed by atoms with Crippen LogP contribution in [-0.4, -0.2) is 24.7 Å². The molecule has 1 amide bonds. The quantitative estimate of drug-likeness (QED) is 0.465. The van der Waals surface area contributed by atoms with Gasteiger partial charge in [0.15, 0.2) is 0 Å². The van der Waals surface area contributed by atoms with Gasteiger partial charge in [-0.1, -0.05) is 36.4 Å². The van der Waals surface area contributed by atoms with Gasteiger partial charge in [-0.15, -0.1) is 0 Å². The molecule has 4 rings (SSSR count). The average Bonchev–Trinajstić information content (AvgIpc) is 3.16. The lowest BCUT2D eigenvalue weighted by atomic mass is 10.0. The number of hydrogen-bond acceptors (Lipinski definition) is 4. The maximum absolute atomic E-state index is 13.9. The number of fused-ring (bicyclic) bond motifs is 1. The van der Waals surface area contributed by atoms with E-state index in [1.165, 1.54) is 7.11 Å². The number of nitrogens with one attached hydrogen (secondary N) is 1. The Morgan fingerprint density at radius 1 is 1.10 bits per heavy atom. The molecule has 1 atom stereocenters. The van der Waals surface area contributed by atoms with Gasteiger partial charge in [0.05, 0.1) is 13.2 Å². The van der Waals surface area contributed by atoms with Crippen LogP contribution in [0.3, 0.4) is 0 Å². The van der Waals surface area contributed by atoms with E-state index in [4.69, 9.17) is 9.15 Å². The number of furan rings is 1. The largest absolute Gasteiger partial charge is 0.497 e. The Hall–Kier alpha value is -3.71. The number of hydrogen-bond donors (Lipinski definition) is 2. The van der Waals surface area contributed by atoms with Gasteiger partial charge in [0.25, 0.3) is 5.91 Å². The number of carbonyl (C=O) groups is 1. The highest BCUT2D eigenvalue weighted by atomic mass is 19.1. The maximum atomic E-state index is 13.9. The molecule has 0 radical (unpaired) electrons. The van der Waals surface area contributed by atoms with Crippen LogP contribution in [0.25, 0.3) is 22.1 Å². The summed E-state index contributed by atoms with van der Waals surface area (Å²) in [7, 11) is 1.53. The van der Waals surface area contributed by atoms with Gasteiger partial charge in [-0.2, -0.15) is 0 Å². The van der Waals surface area contributed by atoms with E-state index in [2.05, 4.69) is 5.32 Å². The molecule has 0 spiro atoms. The topological polar surface area (TPSA) is 71.7 Å². The summed E-state index contributed by atoms with van der Waals surface area (Å²) in [5.41, 5.74) is 1.73. The number of aliphatic hydroxyl groups excluding tert-OH is 1. The van der Waals surface area contributed by atoms with E-state index in [-0.39, 0.29) is 17.9 Å². The van der Waals surface area contributed by atoms with Crippen molar-refractivity contribution in [2.24, 2.45) is 0 Å². The third-order valence-electron chi connectivity index (χ3n) is 4.94. The van der Waals surface area contributed by atoms with Crippen molar-refractivity contribution in [1.29, 1.82) is 0 Å². The Kier molecular flexibility index (Phi) is 5.68. The summed E-state index contributed by atoms with van der Waals surface area (Å²) in [6, 6.07) is 17.4. The fourth-order valence-corrected chi connectivity index (χ4v) is 3.41. The summed E-state index contributed by atoms with van der Waals surface area (Å²) < 4.78 is 38.1. The fourth-order valence-electron chi connectivity index (χ4n) is 3.41. The molecule has 1 heterocycles. The minimum atomic E-state index is -1.35. The van der Waals surface area contributed by atoms with Gasteiger partial charge in [0.2, 0.25) is 5.76 Å². The molecule has 7 heteroatoms. The second-order valence-electron chi connectivity index (χ2n) is 6.93. The normalized spacial score (nSPS) is 12.0. The van der Waals surface area contributed by atoms with Gasteiger partial charge in [0, 0.05) is 35.2 Å². The minimum absolute atomic E-state index is 0.0567. The van der Waals surface area contributed by atoms with Gasteiger partial charge in [-0.3, -0.25) is 4.79 Å². The Bertz CT molecular complexity index is 1240. The number of rotatable bonds is 6. The van der Waals surface area contributed by atoms with Crippen molar-refractivity contribution < 1.29 is 27.8 Å². The summed E-state index contributed by atoms with van der Waals surface area (Å²) in [5.74, 6) is -1.57. The zero-order valence-corrected chi connectivity index (χ0v) is 16.6. The molecule has 2 N–H and O–H groups in total. The molecule has 3 aromatic carbocycles. The van der Waals surface area contributed by atoms with Crippen molar-refractivity contribution in [3.63, 3.8) is 0 Å². The first-order valence-corrected chi connectivity index (χ1v) is 9.55. The number of carbonyl (C=O) groups excluding carboxylic acids is 1. The van der Waals surface area contributed by atoms with Crippen LogP contribution < -0.4 is 10.1 Å². The summed E-state index contributed by atoms with van der Waals surface area (Å²) in [6.07, 6.45) is -1.35. The molecular weight excluding hydrogens is 404 g/mol. The highest BCUT2D eigenvalue weighted by molar-refractivity contribution is 6.08. The Morgan fingerprint density at radius 2 is 1.87 bits per heavy atom. The van der Waals surface area contributed by atoms with E-state index in [1.807, 2.05) is 30.3 Å². The lowest BCUT2D eigenvalue weighted by Crippen LogP contribution is -2.28. The van der Waals surface area contributed by atoms with E-state index < -0.39 is 23.6 Å². The van der Waals surface area contributed by atoms with Gasteiger partial charge in [-0.05, 0) is 23.8 Å².